The summed E-state index contributed by atoms with van der Waals surface area (Å²) >= 11 is 12.9. The van der Waals surface area contributed by atoms with Gasteiger partial charge in [0, 0.05) is 208 Å². The first-order valence-electron chi connectivity index (χ1n) is 40.2. The van der Waals surface area contributed by atoms with Crippen molar-refractivity contribution < 1.29 is 36.7 Å². The van der Waals surface area contributed by atoms with Crippen LogP contribution in [-0.2, 0) is 32.1 Å². The summed E-state index contributed by atoms with van der Waals surface area (Å²) < 4.78 is 68.8. The van der Waals surface area contributed by atoms with Crippen LogP contribution in [0.15, 0.2) is 136 Å². The van der Waals surface area contributed by atoms with Gasteiger partial charge in [0.1, 0.15) is 37.4 Å². The van der Waals surface area contributed by atoms with Gasteiger partial charge in [0.05, 0.1) is 50.8 Å². The minimum absolute atomic E-state index is 0.0666. The number of nitrogen functional groups attached to an aromatic ring is 1. The van der Waals surface area contributed by atoms with Crippen molar-refractivity contribution in [3.8, 4) is 33.8 Å². The van der Waals surface area contributed by atoms with Crippen LogP contribution in [0.5, 0.6) is 11.5 Å². The van der Waals surface area contributed by atoms with Gasteiger partial charge in [-0.3, -0.25) is 14.4 Å². The van der Waals surface area contributed by atoms with E-state index in [1.165, 1.54) is 99.6 Å². The topological polar surface area (TPSA) is 318 Å². The van der Waals surface area contributed by atoms with Crippen LogP contribution in [-0.4, -0.2) is 258 Å². The first-order valence-corrected chi connectivity index (χ1v) is 48.8. The molecule has 7 N–H and O–H groups in total. The Morgan fingerprint density at radius 3 is 1.35 bits per heavy atom. The summed E-state index contributed by atoms with van der Waals surface area (Å²) in [6.45, 7) is 29.4. The molecule has 0 aliphatic carbocycles. The number of nitrogens with two attached hydrogens (primary N) is 1. The zero-order chi connectivity index (χ0) is 86.5. The molecule has 28 nitrogen and oxygen atoms in total. The fourth-order valence-corrected chi connectivity index (χ4v) is 17.8. The predicted molar refractivity (Wildman–Crippen MR) is 497 cm³/mol. The van der Waals surface area contributed by atoms with Gasteiger partial charge in [-0.05, 0) is 207 Å². The molecular weight excluding hydrogens is 1720 g/mol. The quantitative estimate of drug-likeness (QED) is 0.0150. The Morgan fingerprint density at radius 2 is 0.966 bits per heavy atom. The molecule has 0 saturated carbocycles. The fourth-order valence-electron chi connectivity index (χ4n) is 14.3. The second-order valence-corrected chi connectivity index (χ2v) is 41.0. The number of aliphatic hydroxyl groups excluding tert-OH is 1. The van der Waals surface area contributed by atoms with Gasteiger partial charge in [-0.25, -0.2) is 29.9 Å². The van der Waals surface area contributed by atoms with E-state index in [-0.39, 0.29) is 10.2 Å². The van der Waals surface area contributed by atoms with E-state index < -0.39 is 24.4 Å². The summed E-state index contributed by atoms with van der Waals surface area (Å²) in [5.41, 5.74) is 18.6. The Balaban J connectivity index is 0.000000199. The van der Waals surface area contributed by atoms with Crippen LogP contribution in [0.25, 0.3) is 22.3 Å². The number of hydrogen-bond acceptors (Lipinski definition) is 27. The van der Waals surface area contributed by atoms with Crippen molar-refractivity contribution in [1.82, 2.24) is 59.5 Å². The Kier molecular flexibility index (Phi) is 35.1. The molecule has 8 heterocycles. The molecule has 0 radical (unpaired) electrons. The molecule has 34 heteroatoms. The number of anilines is 11. The molecule has 4 aliphatic rings. The van der Waals surface area contributed by atoms with Gasteiger partial charge in [0.15, 0.2) is 0 Å². The summed E-state index contributed by atoms with van der Waals surface area (Å²) in [5.74, 6) is 4.25. The number of aryl methyl sites for hydroxylation is 3. The number of aromatic nitrogens is 8. The first-order chi connectivity index (χ1) is 56.6. The molecule has 644 valence electrons. The zero-order valence-electron chi connectivity index (χ0n) is 71.6. The van der Waals surface area contributed by atoms with E-state index in [9.17, 15) is 17.5 Å². The lowest BCUT2D eigenvalue weighted by Crippen LogP contribution is -2.52. The van der Waals surface area contributed by atoms with E-state index in [0.717, 1.165) is 122 Å². The van der Waals surface area contributed by atoms with Crippen LogP contribution in [0.4, 0.5) is 63.6 Å². The molecule has 119 heavy (non-hydrogen) atoms. The number of unbranched alkanes of at least 4 members (excludes halogenated alkanes) is 1. The largest absolute Gasteiger partial charge is 0.495 e. The Labute approximate surface area is 725 Å². The van der Waals surface area contributed by atoms with Crippen molar-refractivity contribution >= 4 is 142 Å². The number of rotatable bonds is 23. The van der Waals surface area contributed by atoms with Crippen molar-refractivity contribution in [3.05, 3.63) is 153 Å². The summed E-state index contributed by atoms with van der Waals surface area (Å²) in [5, 5.41) is 19.6. The molecule has 0 unspecified atom stereocenters. The van der Waals surface area contributed by atoms with Crippen LogP contribution in [0.2, 0.25) is 5.28 Å². The lowest BCUT2D eigenvalue weighted by molar-refractivity contribution is 0.0982. The average Bonchev–Trinajstić information content (AvgIpc) is 0.807. The molecule has 0 spiro atoms. The third-order valence-corrected chi connectivity index (χ3v) is 26.5. The van der Waals surface area contributed by atoms with E-state index in [1.54, 1.807) is 90.2 Å². The van der Waals surface area contributed by atoms with E-state index in [4.69, 9.17) is 41.5 Å². The van der Waals surface area contributed by atoms with Crippen LogP contribution >= 0.6 is 57.7 Å². The van der Waals surface area contributed by atoms with Crippen LogP contribution < -0.4 is 61.4 Å². The molecule has 5 aromatic carbocycles. The lowest BCUT2D eigenvalue weighted by atomic mass is 9.99. The number of likely N-dealkylation sites (N-methyl/N-ethyl adjacent to an activating group) is 2. The van der Waals surface area contributed by atoms with Gasteiger partial charge in [-0.15, -0.1) is 0 Å². The average molecular weight is 1840 g/mol. The molecule has 13 rings (SSSR count). The number of benzene rings is 5. The Bertz CT molecular complexity index is 5010. The molecule has 4 aromatic heterocycles. The number of halogens is 3. The van der Waals surface area contributed by atoms with Crippen molar-refractivity contribution in [2.45, 2.75) is 96.0 Å². The number of piperazine rings is 2. The normalized spacial score (nSPS) is 15.3. The molecule has 4 saturated heterocycles. The predicted octanol–water partition coefficient (Wildman–Crippen LogP) is 14.8. The minimum atomic E-state index is -4.02. The monoisotopic (exact) mass is 1830 g/mol. The third kappa shape index (κ3) is 26.9. The highest BCUT2D eigenvalue weighted by molar-refractivity contribution is 9.11. The maximum absolute atomic E-state index is 13.6. The second kappa shape index (κ2) is 44.1. The molecular formula is C85H119Br2ClN20O8P2S. The van der Waals surface area contributed by atoms with Gasteiger partial charge in [-0.2, -0.15) is 18.4 Å². The van der Waals surface area contributed by atoms with E-state index in [1.807, 2.05) is 81.3 Å². The lowest BCUT2D eigenvalue weighted by Gasteiger charge is -2.43. The van der Waals surface area contributed by atoms with E-state index in [2.05, 4.69) is 171 Å². The number of aliphatic hydroxyl groups is 1. The first kappa shape index (κ1) is 94.7. The number of methoxy groups -OCH3 is 2. The highest BCUT2D eigenvalue weighted by Gasteiger charge is 2.31. The highest BCUT2D eigenvalue weighted by Crippen LogP contribution is 2.44. The number of nitrogens with zero attached hydrogens (tertiary/aromatic N) is 16. The van der Waals surface area contributed by atoms with E-state index >= 15 is 0 Å². The third-order valence-electron chi connectivity index (χ3n) is 21.3. The van der Waals surface area contributed by atoms with Crippen molar-refractivity contribution in [2.24, 2.45) is 0 Å². The SMILES string of the molecule is CCCCO.CCc1cc(N)c(OC)cc1N1CCC(N2CCN(C)CC2)CC1.CCc1cc(Nc2ncc(Br)c(Nc3ccc(-c4cnc(N(C)C)nc4)cc3P(C)(C)=O)n2)c(OC)cc1N1CCC(N2CCN(C)CC2)CC1.CN(C)c1ncc(-c2ccc(Nc3nc(Cl)ncc3Br)c(P(C)(C)=O)c2)cn1.Cc1ccc(S(=O)(=O)O)cc1. The molecule has 0 bridgehead atoms. The molecule has 0 atom stereocenters. The Hall–Kier alpha value is -8.16. The van der Waals surface area contributed by atoms with Crippen molar-refractivity contribution in [2.75, 3.05) is 210 Å². The molecule has 0 amide bonds. The van der Waals surface area contributed by atoms with Crippen LogP contribution in [0.1, 0.15) is 76.0 Å². The summed E-state index contributed by atoms with van der Waals surface area (Å²) in [7, 11) is 6.08. The maximum Gasteiger partial charge on any atom is 0.294 e. The number of hydrogen-bond donors (Lipinski definition) is 6. The minimum Gasteiger partial charge on any atom is -0.495 e. The molecule has 4 fully saturated rings. The second-order valence-electron chi connectivity index (χ2n) is 31.2. The molecule has 9 aromatic rings. The zero-order valence-corrected chi connectivity index (χ0v) is 78.1. The van der Waals surface area contributed by atoms with Gasteiger partial charge in [-0.1, -0.05) is 57.0 Å². The summed E-state index contributed by atoms with van der Waals surface area (Å²) in [4.78, 5) is 54.0. The van der Waals surface area contributed by atoms with Gasteiger partial charge < -0.3 is 74.8 Å². The summed E-state index contributed by atoms with van der Waals surface area (Å²) in [6, 6.07) is 27.4. The van der Waals surface area contributed by atoms with Crippen LogP contribution in [0.3, 0.4) is 0 Å². The Morgan fingerprint density at radius 1 is 0.546 bits per heavy atom. The number of piperidine rings is 2. The number of ether oxygens (including phenoxy) is 2. The highest BCUT2D eigenvalue weighted by atomic mass is 79.9. The number of nitrogens with one attached hydrogen (secondary N) is 3. The standard InChI is InChI=1S/C37H50BrN10O2P.C19H32N4O.C18H19BrClN6OP.C7H8O3S.C4H10O/c1-8-25-19-31(33(50-5)21-32(25)48-13-11-28(12-14-48)47-17-15-46(4)16-18-47)43-36-39-24-29(38)35(44-36)42-30-10-9-26(20-34(30)51(6,7)49)27-22-40-37(41-23-27)45(2)3;1-4-15-13-17(20)19(24-3)14-18(15)23-7-5-16(6-8-23)22-11-9-21(2)10-12-22;1-26(2)18-22-8-12(9-23-18)11-5-6-14(15(7-11)28(3,4)27)24-16-13(19)10-21-17(20)25-16;1-6-2-4-7(5-3-6)11(8,9)10;1-2-3-4-5/h9-10,19-24,28H,8,11-18H2,1-7H3,(H2,39,42,43,44);13-14,16H,4-12,20H2,1-3H3;5-10H,1-4H3,(H,21,24,25);2-5H,1H3,(H,8,9,10);5H,2-4H2,1H3. The van der Waals surface area contributed by atoms with Gasteiger partial charge >= 0.3 is 0 Å². The maximum atomic E-state index is 13.6. The van der Waals surface area contributed by atoms with Crippen molar-refractivity contribution in [1.29, 1.82) is 0 Å². The van der Waals surface area contributed by atoms with Gasteiger partial charge in [0.2, 0.25) is 23.1 Å². The van der Waals surface area contributed by atoms with Crippen LogP contribution in [0, 0.1) is 6.92 Å². The molecule has 4 aliphatic heterocycles. The fraction of sp³-hybridized carbons (Fsp3) is 0.459. The summed E-state index contributed by atoms with van der Waals surface area (Å²) in [6.07, 6.45) is 19.1. The van der Waals surface area contributed by atoms with Crippen molar-refractivity contribution in [3.63, 3.8) is 0 Å². The smallest absolute Gasteiger partial charge is 0.294 e. The van der Waals surface area contributed by atoms with E-state index in [0.29, 0.717) is 73.1 Å². The van der Waals surface area contributed by atoms with Gasteiger partial charge in [0.25, 0.3) is 10.1 Å².